The van der Waals surface area contributed by atoms with Gasteiger partial charge in [-0.25, -0.2) is 4.98 Å². The van der Waals surface area contributed by atoms with Gasteiger partial charge in [-0.3, -0.25) is 14.1 Å². The van der Waals surface area contributed by atoms with Crippen LogP contribution in [-0.4, -0.2) is 35.0 Å². The molecule has 168 valence electrons. The Balaban J connectivity index is 1.58. The van der Waals surface area contributed by atoms with E-state index >= 15 is 0 Å². The van der Waals surface area contributed by atoms with Gasteiger partial charge in [0.1, 0.15) is 5.65 Å². The van der Waals surface area contributed by atoms with Crippen LogP contribution < -0.4 is 15.0 Å². The molecule has 1 atom stereocenters. The standard InChI is InChI=1S/C27H27N3O3/c1-18-9-10-25-28-21(14-26(31)30(25)16-18)17-29-12-11-20-13-23(32-2)24(33-3)15-22(20)27(29)19-7-5-4-6-8-19/h4-10,13-16,27H,11-12,17H2,1-3H3/t27-/m1/s1. The van der Waals surface area contributed by atoms with Crippen molar-refractivity contribution in [3.63, 3.8) is 0 Å². The number of aromatic nitrogens is 2. The molecule has 0 bridgehead atoms. The molecule has 6 heteroatoms. The fraction of sp³-hybridized carbons (Fsp3) is 0.259. The van der Waals surface area contributed by atoms with E-state index in [1.165, 1.54) is 16.7 Å². The largest absolute Gasteiger partial charge is 0.493 e. The third-order valence-electron chi connectivity index (χ3n) is 6.31. The molecule has 1 aliphatic heterocycles. The van der Waals surface area contributed by atoms with Gasteiger partial charge in [0.05, 0.1) is 26.0 Å². The van der Waals surface area contributed by atoms with E-state index in [0.717, 1.165) is 35.7 Å². The molecule has 1 aliphatic rings. The van der Waals surface area contributed by atoms with Crippen LogP contribution >= 0.6 is 0 Å². The minimum atomic E-state index is -0.0567. The Bertz CT molecular complexity index is 1360. The molecule has 0 spiro atoms. The number of benzene rings is 2. The summed E-state index contributed by atoms with van der Waals surface area (Å²) in [5, 5.41) is 0. The number of ether oxygens (including phenoxy) is 2. The lowest BCUT2D eigenvalue weighted by Crippen LogP contribution is -2.36. The minimum Gasteiger partial charge on any atom is -0.493 e. The zero-order valence-electron chi connectivity index (χ0n) is 19.1. The van der Waals surface area contributed by atoms with Crippen molar-refractivity contribution in [2.24, 2.45) is 0 Å². The van der Waals surface area contributed by atoms with Crippen LogP contribution in [0.25, 0.3) is 5.65 Å². The summed E-state index contributed by atoms with van der Waals surface area (Å²) in [6.45, 7) is 3.39. The van der Waals surface area contributed by atoms with E-state index < -0.39 is 0 Å². The molecule has 5 rings (SSSR count). The maximum absolute atomic E-state index is 12.8. The van der Waals surface area contributed by atoms with Gasteiger partial charge in [-0.15, -0.1) is 0 Å². The average Bonchev–Trinajstić information content (AvgIpc) is 2.84. The lowest BCUT2D eigenvalue weighted by Gasteiger charge is -2.38. The van der Waals surface area contributed by atoms with Crippen molar-refractivity contribution >= 4 is 5.65 Å². The Morgan fingerprint density at radius 3 is 2.52 bits per heavy atom. The van der Waals surface area contributed by atoms with Gasteiger partial charge in [0.25, 0.3) is 5.56 Å². The first kappa shape index (κ1) is 21.2. The second kappa shape index (κ2) is 8.71. The Labute approximate surface area is 193 Å². The quantitative estimate of drug-likeness (QED) is 0.465. The van der Waals surface area contributed by atoms with Gasteiger partial charge in [-0.05, 0) is 53.8 Å². The zero-order valence-corrected chi connectivity index (χ0v) is 19.1. The monoisotopic (exact) mass is 441 g/mol. The number of rotatable bonds is 5. The summed E-state index contributed by atoms with van der Waals surface area (Å²) in [5.74, 6) is 1.47. The highest BCUT2D eigenvalue weighted by atomic mass is 16.5. The summed E-state index contributed by atoms with van der Waals surface area (Å²) in [4.78, 5) is 19.9. The smallest absolute Gasteiger partial charge is 0.258 e. The number of fused-ring (bicyclic) bond motifs is 2. The fourth-order valence-electron chi connectivity index (χ4n) is 4.74. The lowest BCUT2D eigenvalue weighted by molar-refractivity contribution is 0.201. The van der Waals surface area contributed by atoms with Crippen molar-refractivity contribution in [1.82, 2.24) is 14.3 Å². The normalized spacial score (nSPS) is 15.9. The van der Waals surface area contributed by atoms with E-state index in [0.29, 0.717) is 12.2 Å². The molecule has 0 saturated heterocycles. The molecule has 2 aromatic heterocycles. The molecule has 33 heavy (non-hydrogen) atoms. The molecule has 0 saturated carbocycles. The van der Waals surface area contributed by atoms with Crippen LogP contribution in [0.5, 0.6) is 11.5 Å². The molecule has 4 aromatic rings. The van der Waals surface area contributed by atoms with Crippen LogP contribution in [-0.2, 0) is 13.0 Å². The van der Waals surface area contributed by atoms with Crippen LogP contribution in [0.15, 0.2) is 71.7 Å². The molecule has 2 aromatic carbocycles. The SMILES string of the molecule is COc1cc2c(cc1OC)[C@@H](c1ccccc1)N(Cc1cc(=O)n3cc(C)ccc3n1)CC2. The Hall–Kier alpha value is -3.64. The van der Waals surface area contributed by atoms with E-state index in [2.05, 4.69) is 41.3 Å². The topological polar surface area (TPSA) is 56.1 Å². The first-order valence-electron chi connectivity index (χ1n) is 11.1. The second-order valence-electron chi connectivity index (χ2n) is 8.46. The molecule has 0 amide bonds. The van der Waals surface area contributed by atoms with Crippen LogP contribution in [0.2, 0.25) is 0 Å². The maximum Gasteiger partial charge on any atom is 0.258 e. The van der Waals surface area contributed by atoms with E-state index in [1.54, 1.807) is 24.7 Å². The van der Waals surface area contributed by atoms with Gasteiger partial charge in [0.2, 0.25) is 0 Å². The summed E-state index contributed by atoms with van der Waals surface area (Å²) in [6, 6.07) is 20.2. The van der Waals surface area contributed by atoms with Crippen molar-refractivity contribution in [3.05, 3.63) is 105 Å². The Kier molecular flexibility index (Phi) is 5.60. The van der Waals surface area contributed by atoms with E-state index in [-0.39, 0.29) is 11.6 Å². The first-order chi connectivity index (χ1) is 16.1. The molecule has 0 N–H and O–H groups in total. The molecular weight excluding hydrogens is 414 g/mol. The van der Waals surface area contributed by atoms with Crippen LogP contribution in [0, 0.1) is 6.92 Å². The predicted octanol–water partition coefficient (Wildman–Crippen LogP) is 4.17. The average molecular weight is 442 g/mol. The third-order valence-corrected chi connectivity index (χ3v) is 6.31. The van der Waals surface area contributed by atoms with Crippen molar-refractivity contribution in [2.75, 3.05) is 20.8 Å². The van der Waals surface area contributed by atoms with Crippen LogP contribution in [0.3, 0.4) is 0 Å². The van der Waals surface area contributed by atoms with E-state index in [9.17, 15) is 4.79 Å². The van der Waals surface area contributed by atoms with Crippen LogP contribution in [0.4, 0.5) is 0 Å². The van der Waals surface area contributed by atoms with Gasteiger partial charge in [0.15, 0.2) is 11.5 Å². The Morgan fingerprint density at radius 2 is 1.76 bits per heavy atom. The molecule has 0 aliphatic carbocycles. The summed E-state index contributed by atoms with van der Waals surface area (Å²) >= 11 is 0. The zero-order chi connectivity index (χ0) is 22.9. The number of hydrogen-bond acceptors (Lipinski definition) is 5. The predicted molar refractivity (Wildman–Crippen MR) is 128 cm³/mol. The highest BCUT2D eigenvalue weighted by molar-refractivity contribution is 5.51. The van der Waals surface area contributed by atoms with Crippen molar-refractivity contribution < 1.29 is 9.47 Å². The second-order valence-corrected chi connectivity index (χ2v) is 8.46. The highest BCUT2D eigenvalue weighted by Gasteiger charge is 2.30. The van der Waals surface area contributed by atoms with Gasteiger partial charge >= 0.3 is 0 Å². The highest BCUT2D eigenvalue weighted by Crippen LogP contribution is 2.41. The van der Waals surface area contributed by atoms with Gasteiger partial charge in [-0.2, -0.15) is 0 Å². The number of aryl methyl sites for hydroxylation is 1. The molecule has 0 radical (unpaired) electrons. The van der Waals surface area contributed by atoms with Crippen molar-refractivity contribution in [3.8, 4) is 11.5 Å². The molecular formula is C27H27N3O3. The van der Waals surface area contributed by atoms with E-state index in [4.69, 9.17) is 14.5 Å². The summed E-state index contributed by atoms with van der Waals surface area (Å²) in [6.07, 6.45) is 2.71. The third kappa shape index (κ3) is 3.98. The molecule has 0 unspecified atom stereocenters. The summed E-state index contributed by atoms with van der Waals surface area (Å²) in [7, 11) is 3.33. The first-order valence-corrected chi connectivity index (χ1v) is 11.1. The van der Waals surface area contributed by atoms with Gasteiger partial charge < -0.3 is 9.47 Å². The Morgan fingerprint density at radius 1 is 1.00 bits per heavy atom. The minimum absolute atomic E-state index is 0.0213. The maximum atomic E-state index is 12.8. The van der Waals surface area contributed by atoms with Crippen LogP contribution in [0.1, 0.15) is 34.0 Å². The lowest BCUT2D eigenvalue weighted by atomic mass is 9.87. The van der Waals surface area contributed by atoms with Crippen molar-refractivity contribution in [2.45, 2.75) is 25.9 Å². The number of hydrogen-bond donors (Lipinski definition) is 0. The number of pyridine rings is 1. The molecule has 6 nitrogen and oxygen atoms in total. The summed E-state index contributed by atoms with van der Waals surface area (Å²) < 4.78 is 12.8. The van der Waals surface area contributed by atoms with Gasteiger partial charge in [0, 0.05) is 25.4 Å². The molecule has 3 heterocycles. The molecule has 0 fully saturated rings. The van der Waals surface area contributed by atoms with Gasteiger partial charge in [-0.1, -0.05) is 36.4 Å². The number of methoxy groups -OCH3 is 2. The number of nitrogens with zero attached hydrogens (tertiary/aromatic N) is 3. The van der Waals surface area contributed by atoms with E-state index in [1.807, 2.05) is 31.3 Å². The summed E-state index contributed by atoms with van der Waals surface area (Å²) in [5.41, 5.74) is 6.05. The van der Waals surface area contributed by atoms with Crippen molar-refractivity contribution in [1.29, 1.82) is 0 Å². The fourth-order valence-corrected chi connectivity index (χ4v) is 4.74.